The molecule has 0 aliphatic rings. The Morgan fingerprint density at radius 2 is 2.10 bits per heavy atom. The highest BCUT2D eigenvalue weighted by molar-refractivity contribution is 9.11. The molecular weight excluding hydrogens is 214 g/mol. The van der Waals surface area contributed by atoms with Gasteiger partial charge in [0.1, 0.15) is 5.04 Å². The molecule has 4 heteroatoms. The van der Waals surface area contributed by atoms with Gasteiger partial charge in [-0.2, -0.15) is 0 Å². The van der Waals surface area contributed by atoms with Gasteiger partial charge in [-0.1, -0.05) is 27.7 Å². The van der Waals surface area contributed by atoms with Crippen molar-refractivity contribution >= 4 is 38.5 Å². The molecule has 0 radical (unpaired) electrons. The zero-order valence-electron chi connectivity index (χ0n) is 5.77. The molecule has 0 aliphatic carbocycles. The highest BCUT2D eigenvalue weighted by Gasteiger charge is 1.99. The number of hydrogen-bond acceptors (Lipinski definition) is 3. The number of halogens is 1. The molecule has 10 heavy (non-hydrogen) atoms. The van der Waals surface area contributed by atoms with Crippen molar-refractivity contribution in [2.45, 2.75) is 13.8 Å². The molecule has 0 saturated heterocycles. The average molecular weight is 222 g/mol. The second-order valence-corrected chi connectivity index (χ2v) is 3.84. The summed E-state index contributed by atoms with van der Waals surface area (Å²) in [6.45, 7) is 3.23. The molecule has 0 atom stereocenters. The first-order chi connectivity index (χ1) is 4.54. The van der Waals surface area contributed by atoms with Crippen LogP contribution in [0.4, 0.5) is 0 Å². The number of carbonyl (C=O) groups is 1. The van der Waals surface area contributed by atoms with E-state index in [1.165, 1.54) is 6.92 Å². The maximum atomic E-state index is 10.5. The number of carbonyl (C=O) groups excluding carboxylic acids is 1. The SMILES string of the molecule is CC(=O)C(=N)S/C=C(\C)Br. The van der Waals surface area contributed by atoms with E-state index in [2.05, 4.69) is 15.9 Å². The van der Waals surface area contributed by atoms with Gasteiger partial charge in [-0.25, -0.2) is 0 Å². The number of ketones is 1. The van der Waals surface area contributed by atoms with E-state index in [0.29, 0.717) is 0 Å². The minimum absolute atomic E-state index is 0.0683. The van der Waals surface area contributed by atoms with E-state index >= 15 is 0 Å². The Kier molecular flexibility index (Phi) is 4.64. The molecule has 0 fully saturated rings. The first kappa shape index (κ1) is 9.91. The number of nitrogens with one attached hydrogen (secondary N) is 1. The van der Waals surface area contributed by atoms with Gasteiger partial charge in [0, 0.05) is 6.92 Å². The van der Waals surface area contributed by atoms with Crippen LogP contribution in [0.5, 0.6) is 0 Å². The van der Waals surface area contributed by atoms with Crippen molar-refractivity contribution in [3.8, 4) is 0 Å². The third kappa shape index (κ3) is 4.76. The Morgan fingerprint density at radius 3 is 2.40 bits per heavy atom. The first-order valence-electron chi connectivity index (χ1n) is 2.62. The van der Waals surface area contributed by atoms with Gasteiger partial charge in [-0.05, 0) is 16.8 Å². The Bertz CT molecular complexity index is 184. The van der Waals surface area contributed by atoms with Crippen molar-refractivity contribution in [1.29, 1.82) is 5.41 Å². The van der Waals surface area contributed by atoms with Crippen molar-refractivity contribution < 1.29 is 4.79 Å². The van der Waals surface area contributed by atoms with Crippen molar-refractivity contribution in [3.05, 3.63) is 9.89 Å². The smallest absolute Gasteiger partial charge is 0.184 e. The highest BCUT2D eigenvalue weighted by Crippen LogP contribution is 2.12. The Morgan fingerprint density at radius 1 is 1.60 bits per heavy atom. The lowest BCUT2D eigenvalue weighted by Crippen LogP contribution is -2.00. The van der Waals surface area contributed by atoms with Crippen LogP contribution in [0.2, 0.25) is 0 Å². The lowest BCUT2D eigenvalue weighted by Gasteiger charge is -1.91. The Labute approximate surface area is 72.7 Å². The summed E-state index contributed by atoms with van der Waals surface area (Å²) in [4.78, 5) is 10.5. The molecule has 2 nitrogen and oxygen atoms in total. The molecule has 0 rings (SSSR count). The molecule has 56 valence electrons. The second-order valence-electron chi connectivity index (χ2n) is 1.71. The monoisotopic (exact) mass is 221 g/mol. The summed E-state index contributed by atoms with van der Waals surface area (Å²) in [6, 6.07) is 0. The molecule has 0 heterocycles. The van der Waals surface area contributed by atoms with Gasteiger partial charge in [0.25, 0.3) is 0 Å². The van der Waals surface area contributed by atoms with Crippen LogP contribution < -0.4 is 0 Å². The molecular formula is C6H8BrNOS. The molecule has 0 aromatic rings. The van der Waals surface area contributed by atoms with Gasteiger partial charge in [0.15, 0.2) is 5.78 Å². The Balaban J connectivity index is 3.83. The van der Waals surface area contributed by atoms with Gasteiger partial charge in [-0.3, -0.25) is 10.2 Å². The van der Waals surface area contributed by atoms with E-state index in [1.807, 2.05) is 6.92 Å². The predicted octanol–water partition coefficient (Wildman–Crippen LogP) is 2.54. The maximum absolute atomic E-state index is 10.5. The number of rotatable bonds is 2. The lowest BCUT2D eigenvalue weighted by molar-refractivity contribution is -0.110. The predicted molar refractivity (Wildman–Crippen MR) is 48.7 cm³/mol. The third-order valence-electron chi connectivity index (χ3n) is 0.659. The fourth-order valence-electron chi connectivity index (χ4n) is 0.223. The zero-order valence-corrected chi connectivity index (χ0v) is 8.17. The van der Waals surface area contributed by atoms with Crippen LogP contribution in [0.15, 0.2) is 9.89 Å². The largest absolute Gasteiger partial charge is 0.292 e. The minimum atomic E-state index is -0.199. The minimum Gasteiger partial charge on any atom is -0.292 e. The van der Waals surface area contributed by atoms with Crippen LogP contribution in [-0.4, -0.2) is 10.8 Å². The van der Waals surface area contributed by atoms with Crippen LogP contribution in [0.25, 0.3) is 0 Å². The quantitative estimate of drug-likeness (QED) is 0.576. The van der Waals surface area contributed by atoms with Crippen molar-refractivity contribution in [2.24, 2.45) is 0 Å². The van der Waals surface area contributed by atoms with E-state index in [-0.39, 0.29) is 10.8 Å². The van der Waals surface area contributed by atoms with Crippen LogP contribution in [-0.2, 0) is 4.79 Å². The van der Waals surface area contributed by atoms with Crippen LogP contribution in [0, 0.1) is 5.41 Å². The standard InChI is InChI=1S/C6H8BrNOS/c1-4(7)3-10-6(8)5(2)9/h3,8H,1-2H3/b4-3+,8-6?. The van der Waals surface area contributed by atoms with E-state index < -0.39 is 0 Å². The summed E-state index contributed by atoms with van der Waals surface area (Å²) in [5.41, 5.74) is 0. The molecule has 0 spiro atoms. The molecule has 0 amide bonds. The second kappa shape index (κ2) is 4.68. The summed E-state index contributed by atoms with van der Waals surface area (Å²) < 4.78 is 0.920. The topological polar surface area (TPSA) is 40.9 Å². The van der Waals surface area contributed by atoms with Gasteiger partial charge in [0.05, 0.1) is 0 Å². The molecule has 0 unspecified atom stereocenters. The molecule has 0 saturated carbocycles. The molecule has 0 aliphatic heterocycles. The number of Topliss-reactive ketones (excluding diaryl/α,β-unsaturated/α-hetero) is 1. The van der Waals surface area contributed by atoms with E-state index in [4.69, 9.17) is 5.41 Å². The summed E-state index contributed by atoms with van der Waals surface area (Å²) in [5.74, 6) is -0.199. The molecule has 0 aromatic carbocycles. The fourth-order valence-corrected chi connectivity index (χ4v) is 0.950. The Hall–Kier alpha value is -0.0900. The summed E-state index contributed by atoms with van der Waals surface area (Å²) in [6.07, 6.45) is 0. The first-order valence-corrected chi connectivity index (χ1v) is 4.29. The summed E-state index contributed by atoms with van der Waals surface area (Å²) in [5, 5.41) is 8.87. The van der Waals surface area contributed by atoms with Gasteiger partial charge < -0.3 is 0 Å². The van der Waals surface area contributed by atoms with E-state index in [9.17, 15) is 4.79 Å². The normalized spacial score (nSPS) is 11.3. The van der Waals surface area contributed by atoms with Gasteiger partial charge in [0.2, 0.25) is 0 Å². The van der Waals surface area contributed by atoms with E-state index in [1.54, 1.807) is 5.41 Å². The van der Waals surface area contributed by atoms with Crippen molar-refractivity contribution in [1.82, 2.24) is 0 Å². The number of allylic oxidation sites excluding steroid dienone is 1. The molecule has 0 aromatic heterocycles. The molecule has 1 N–H and O–H groups in total. The van der Waals surface area contributed by atoms with Crippen LogP contribution in [0.1, 0.15) is 13.8 Å². The zero-order chi connectivity index (χ0) is 8.15. The van der Waals surface area contributed by atoms with Gasteiger partial charge in [-0.15, -0.1) is 0 Å². The van der Waals surface area contributed by atoms with E-state index in [0.717, 1.165) is 16.2 Å². The summed E-state index contributed by atoms with van der Waals surface area (Å²) >= 11 is 4.30. The van der Waals surface area contributed by atoms with Crippen molar-refractivity contribution in [3.63, 3.8) is 0 Å². The fraction of sp³-hybridized carbons (Fsp3) is 0.333. The third-order valence-corrected chi connectivity index (χ3v) is 2.19. The number of hydrogen-bond donors (Lipinski definition) is 1. The number of thioether (sulfide) groups is 1. The maximum Gasteiger partial charge on any atom is 0.184 e. The average Bonchev–Trinajstić information content (AvgIpc) is 1.82. The van der Waals surface area contributed by atoms with Crippen LogP contribution in [0.3, 0.4) is 0 Å². The molecule has 0 bridgehead atoms. The summed E-state index contributed by atoms with van der Waals surface area (Å²) in [7, 11) is 0. The lowest BCUT2D eigenvalue weighted by atomic mass is 10.5. The van der Waals surface area contributed by atoms with Gasteiger partial charge >= 0.3 is 0 Å². The highest BCUT2D eigenvalue weighted by atomic mass is 79.9. The van der Waals surface area contributed by atoms with Crippen LogP contribution >= 0.6 is 27.7 Å². The van der Waals surface area contributed by atoms with Crippen molar-refractivity contribution in [2.75, 3.05) is 0 Å².